The van der Waals surface area contributed by atoms with Gasteiger partial charge >= 0.3 is 0 Å². The van der Waals surface area contributed by atoms with Gasteiger partial charge in [-0.15, -0.1) is 0 Å². The molecule has 0 aromatic heterocycles. The molecule has 74 valence electrons. The summed E-state index contributed by atoms with van der Waals surface area (Å²) in [6.07, 6.45) is 6.03. The van der Waals surface area contributed by atoms with E-state index in [0.717, 1.165) is 31.8 Å². The molecule has 1 aliphatic carbocycles. The van der Waals surface area contributed by atoms with Gasteiger partial charge in [-0.2, -0.15) is 0 Å². The molecule has 2 heteroatoms. The monoisotopic (exact) mass is 181 g/mol. The molecule has 1 saturated heterocycles. The maximum absolute atomic E-state index is 11.7. The van der Waals surface area contributed by atoms with E-state index >= 15 is 0 Å². The quantitative estimate of drug-likeness (QED) is 0.718. The number of carbonyl (C=O) groups excluding carboxylic acids is 1. The van der Waals surface area contributed by atoms with Crippen molar-refractivity contribution in [2.45, 2.75) is 39.0 Å². The molecular formula is C11H19NO. The Bertz CT molecular complexity index is 202. The highest BCUT2D eigenvalue weighted by atomic mass is 16.1. The van der Waals surface area contributed by atoms with Crippen molar-refractivity contribution in [2.24, 2.45) is 11.3 Å². The van der Waals surface area contributed by atoms with Crippen molar-refractivity contribution < 1.29 is 4.79 Å². The van der Waals surface area contributed by atoms with Crippen LogP contribution in [0.25, 0.3) is 0 Å². The molecule has 0 bridgehead atoms. The minimum atomic E-state index is 0.0619. The number of rotatable bonds is 3. The first-order chi connectivity index (χ1) is 6.23. The SMILES string of the molecule is CC(=O)C1(CC2CC2)CCNCC1. The average Bonchev–Trinajstić information content (AvgIpc) is 2.90. The van der Waals surface area contributed by atoms with Crippen LogP contribution in [0.1, 0.15) is 39.0 Å². The van der Waals surface area contributed by atoms with Gasteiger partial charge in [0.15, 0.2) is 0 Å². The Morgan fingerprint density at radius 3 is 2.46 bits per heavy atom. The van der Waals surface area contributed by atoms with Gasteiger partial charge in [0.2, 0.25) is 0 Å². The van der Waals surface area contributed by atoms with E-state index in [1.165, 1.54) is 19.3 Å². The molecule has 2 aliphatic rings. The standard InChI is InChI=1S/C11H19NO/c1-9(13)11(8-10-2-3-10)4-6-12-7-5-11/h10,12H,2-8H2,1H3. The first-order valence-electron chi connectivity index (χ1n) is 5.45. The fourth-order valence-electron chi connectivity index (χ4n) is 2.48. The summed E-state index contributed by atoms with van der Waals surface area (Å²) in [4.78, 5) is 11.7. The first kappa shape index (κ1) is 9.20. The van der Waals surface area contributed by atoms with Crippen molar-refractivity contribution >= 4 is 5.78 Å². The number of Topliss-reactive ketones (excluding diaryl/α,β-unsaturated/α-hetero) is 1. The van der Waals surface area contributed by atoms with E-state index in [9.17, 15) is 4.79 Å². The number of ketones is 1. The third-order valence-corrected chi connectivity index (χ3v) is 3.68. The molecule has 0 aromatic carbocycles. The fraction of sp³-hybridized carbons (Fsp3) is 0.909. The predicted octanol–water partition coefficient (Wildman–Crippen LogP) is 1.75. The molecule has 0 unspecified atom stereocenters. The highest BCUT2D eigenvalue weighted by Crippen LogP contribution is 2.45. The normalized spacial score (nSPS) is 27.2. The maximum atomic E-state index is 11.7. The van der Waals surface area contributed by atoms with Crippen LogP contribution in [0, 0.1) is 11.3 Å². The molecule has 2 rings (SSSR count). The topological polar surface area (TPSA) is 29.1 Å². The number of nitrogens with one attached hydrogen (secondary N) is 1. The van der Waals surface area contributed by atoms with Crippen molar-refractivity contribution in [3.63, 3.8) is 0 Å². The zero-order chi connectivity index (χ0) is 9.31. The second kappa shape index (κ2) is 3.41. The molecule has 0 radical (unpaired) electrons. The smallest absolute Gasteiger partial charge is 0.136 e. The average molecular weight is 181 g/mol. The predicted molar refractivity (Wildman–Crippen MR) is 52.6 cm³/mol. The van der Waals surface area contributed by atoms with Crippen LogP contribution in [0.3, 0.4) is 0 Å². The lowest BCUT2D eigenvalue weighted by atomic mass is 9.72. The Morgan fingerprint density at radius 1 is 1.38 bits per heavy atom. The Balaban J connectivity index is 2.02. The molecule has 1 N–H and O–H groups in total. The van der Waals surface area contributed by atoms with Crippen LogP contribution in [-0.4, -0.2) is 18.9 Å². The second-order valence-corrected chi connectivity index (χ2v) is 4.73. The van der Waals surface area contributed by atoms with Crippen LogP contribution in [0.2, 0.25) is 0 Å². The van der Waals surface area contributed by atoms with Crippen molar-refractivity contribution in [3.05, 3.63) is 0 Å². The number of hydrogen-bond donors (Lipinski definition) is 1. The van der Waals surface area contributed by atoms with Gasteiger partial charge in [-0.3, -0.25) is 4.79 Å². The number of piperidine rings is 1. The van der Waals surface area contributed by atoms with Gasteiger partial charge in [-0.1, -0.05) is 12.8 Å². The van der Waals surface area contributed by atoms with Gasteiger partial charge in [-0.25, -0.2) is 0 Å². The van der Waals surface area contributed by atoms with E-state index in [2.05, 4.69) is 5.32 Å². The highest BCUT2D eigenvalue weighted by Gasteiger charge is 2.41. The molecule has 0 amide bonds. The van der Waals surface area contributed by atoms with Gasteiger partial charge in [0.05, 0.1) is 0 Å². The lowest BCUT2D eigenvalue weighted by Gasteiger charge is -2.35. The van der Waals surface area contributed by atoms with Crippen molar-refractivity contribution in [3.8, 4) is 0 Å². The molecule has 0 atom stereocenters. The summed E-state index contributed by atoms with van der Waals surface area (Å²) in [7, 11) is 0. The molecule has 1 saturated carbocycles. The lowest BCUT2D eigenvalue weighted by Crippen LogP contribution is -2.41. The number of carbonyl (C=O) groups is 1. The van der Waals surface area contributed by atoms with Crippen molar-refractivity contribution in [1.29, 1.82) is 0 Å². The second-order valence-electron chi connectivity index (χ2n) is 4.73. The Kier molecular flexibility index (Phi) is 2.41. The Morgan fingerprint density at radius 2 is 2.00 bits per heavy atom. The van der Waals surface area contributed by atoms with E-state index in [1.807, 2.05) is 0 Å². The molecule has 2 fully saturated rings. The Labute approximate surface area is 80.1 Å². The van der Waals surface area contributed by atoms with Gasteiger partial charge in [-0.05, 0) is 45.2 Å². The van der Waals surface area contributed by atoms with E-state index < -0.39 is 0 Å². The van der Waals surface area contributed by atoms with Crippen LogP contribution in [0.15, 0.2) is 0 Å². The van der Waals surface area contributed by atoms with E-state index in [4.69, 9.17) is 0 Å². The minimum Gasteiger partial charge on any atom is -0.317 e. The number of hydrogen-bond acceptors (Lipinski definition) is 2. The molecule has 1 aliphatic heterocycles. The summed E-state index contributed by atoms with van der Waals surface area (Å²) >= 11 is 0. The van der Waals surface area contributed by atoms with Gasteiger partial charge in [0.25, 0.3) is 0 Å². The van der Waals surface area contributed by atoms with Crippen LogP contribution in [0.5, 0.6) is 0 Å². The summed E-state index contributed by atoms with van der Waals surface area (Å²) in [6.45, 7) is 3.85. The van der Waals surface area contributed by atoms with Gasteiger partial charge in [0, 0.05) is 5.41 Å². The Hall–Kier alpha value is -0.370. The largest absolute Gasteiger partial charge is 0.317 e. The third kappa shape index (κ3) is 1.93. The van der Waals surface area contributed by atoms with E-state index in [1.54, 1.807) is 6.92 Å². The van der Waals surface area contributed by atoms with Crippen molar-refractivity contribution in [2.75, 3.05) is 13.1 Å². The summed E-state index contributed by atoms with van der Waals surface area (Å²) < 4.78 is 0. The van der Waals surface area contributed by atoms with Crippen LogP contribution in [-0.2, 0) is 4.79 Å². The van der Waals surface area contributed by atoms with Gasteiger partial charge in [0.1, 0.15) is 5.78 Å². The molecule has 13 heavy (non-hydrogen) atoms. The summed E-state index contributed by atoms with van der Waals surface area (Å²) in [5.41, 5.74) is 0.0619. The molecule has 2 nitrogen and oxygen atoms in total. The van der Waals surface area contributed by atoms with Crippen LogP contribution < -0.4 is 5.32 Å². The van der Waals surface area contributed by atoms with E-state index in [-0.39, 0.29) is 5.41 Å². The molecule has 0 aromatic rings. The van der Waals surface area contributed by atoms with E-state index in [0.29, 0.717) is 5.78 Å². The van der Waals surface area contributed by atoms with Crippen LogP contribution >= 0.6 is 0 Å². The maximum Gasteiger partial charge on any atom is 0.136 e. The summed E-state index contributed by atoms with van der Waals surface area (Å²) in [5.74, 6) is 1.31. The van der Waals surface area contributed by atoms with Crippen molar-refractivity contribution in [1.82, 2.24) is 5.32 Å². The highest BCUT2D eigenvalue weighted by molar-refractivity contribution is 5.82. The van der Waals surface area contributed by atoms with Gasteiger partial charge < -0.3 is 5.32 Å². The minimum absolute atomic E-state index is 0.0619. The zero-order valence-corrected chi connectivity index (χ0v) is 8.44. The molecule has 1 heterocycles. The lowest BCUT2D eigenvalue weighted by molar-refractivity contribution is -0.128. The third-order valence-electron chi connectivity index (χ3n) is 3.68. The van der Waals surface area contributed by atoms with Crippen LogP contribution in [0.4, 0.5) is 0 Å². The summed E-state index contributed by atoms with van der Waals surface area (Å²) in [6, 6.07) is 0. The first-order valence-corrected chi connectivity index (χ1v) is 5.45. The zero-order valence-electron chi connectivity index (χ0n) is 8.44. The molecular weight excluding hydrogens is 162 g/mol. The summed E-state index contributed by atoms with van der Waals surface area (Å²) in [5, 5.41) is 3.34. The fourth-order valence-corrected chi connectivity index (χ4v) is 2.48. The molecule has 0 spiro atoms.